The molecule has 2 N–H and O–H groups in total. The number of aromatic nitrogens is 3. The van der Waals surface area contributed by atoms with Gasteiger partial charge in [0.1, 0.15) is 29.3 Å². The zero-order valence-electron chi connectivity index (χ0n) is 23.0. The Labute approximate surface area is 238 Å². The third-order valence-electron chi connectivity index (χ3n) is 7.11. The lowest BCUT2D eigenvalue weighted by molar-refractivity contribution is 0.0254. The highest BCUT2D eigenvalue weighted by Crippen LogP contribution is 2.28. The van der Waals surface area contributed by atoms with E-state index in [1.54, 1.807) is 41.4 Å². The third kappa shape index (κ3) is 6.89. The van der Waals surface area contributed by atoms with Crippen molar-refractivity contribution >= 4 is 17.7 Å². The van der Waals surface area contributed by atoms with Gasteiger partial charge < -0.3 is 29.5 Å². The van der Waals surface area contributed by atoms with Crippen LogP contribution in [0.2, 0.25) is 0 Å². The Kier molecular flexibility index (Phi) is 9.20. The number of nitrogens with zero attached hydrogens (tertiary/aromatic N) is 6. The van der Waals surface area contributed by atoms with Gasteiger partial charge >= 0.3 is 0 Å². The summed E-state index contributed by atoms with van der Waals surface area (Å²) in [6.07, 6.45) is 3.24. The zero-order valence-corrected chi connectivity index (χ0v) is 23.0. The molecule has 0 saturated carbocycles. The predicted octanol–water partition coefficient (Wildman–Crippen LogP) is 2.47. The van der Waals surface area contributed by atoms with Crippen LogP contribution >= 0.6 is 0 Å². The standard InChI is InChI=1S/C29H33N7O5/c1-39-27-23(28(38)36-12-10-35(11-13-36)14-15-37)3-5-26(33-27)34-29-31-9-6-24(32-29)20-2-4-25(21(18-20)19-30)41-22-7-16-40-17-8-22/h2-6,9,18,22,37H,7-8,10-17H2,1H3,(H,31,32,33,34). The Balaban J connectivity index is 1.28. The average Bonchev–Trinajstić information content (AvgIpc) is 3.02. The van der Waals surface area contributed by atoms with Crippen LogP contribution in [0, 0.1) is 11.3 Å². The smallest absolute Gasteiger partial charge is 0.259 e. The predicted molar refractivity (Wildman–Crippen MR) is 150 cm³/mol. The average molecular weight is 560 g/mol. The minimum atomic E-state index is -0.152. The van der Waals surface area contributed by atoms with Crippen molar-refractivity contribution in [3.8, 4) is 29.0 Å². The highest BCUT2D eigenvalue weighted by atomic mass is 16.5. The van der Waals surface area contributed by atoms with Gasteiger partial charge in [0.15, 0.2) is 0 Å². The van der Waals surface area contributed by atoms with E-state index in [0.29, 0.717) is 80.3 Å². The molecule has 214 valence electrons. The highest BCUT2D eigenvalue weighted by molar-refractivity contribution is 5.96. The van der Waals surface area contributed by atoms with Gasteiger partial charge in [-0.3, -0.25) is 9.69 Å². The second-order valence-corrected chi connectivity index (χ2v) is 9.75. The molecule has 1 aromatic carbocycles. The molecule has 2 aliphatic rings. The molecule has 2 aliphatic heterocycles. The van der Waals surface area contributed by atoms with E-state index in [9.17, 15) is 10.1 Å². The number of aliphatic hydroxyl groups is 1. The number of nitriles is 1. The zero-order chi connectivity index (χ0) is 28.6. The van der Waals surface area contributed by atoms with Gasteiger partial charge in [0.05, 0.1) is 38.2 Å². The van der Waals surface area contributed by atoms with Crippen LogP contribution in [0.3, 0.4) is 0 Å². The number of nitrogens with one attached hydrogen (secondary N) is 1. The van der Waals surface area contributed by atoms with Crippen LogP contribution in [0.4, 0.5) is 11.8 Å². The van der Waals surface area contributed by atoms with Crippen molar-refractivity contribution in [3.63, 3.8) is 0 Å². The summed E-state index contributed by atoms with van der Waals surface area (Å²) in [4.78, 5) is 30.4. The van der Waals surface area contributed by atoms with Gasteiger partial charge in [0.25, 0.3) is 5.91 Å². The van der Waals surface area contributed by atoms with Crippen molar-refractivity contribution in [2.45, 2.75) is 18.9 Å². The van der Waals surface area contributed by atoms with Crippen LogP contribution < -0.4 is 14.8 Å². The molecule has 0 radical (unpaired) electrons. The van der Waals surface area contributed by atoms with Crippen molar-refractivity contribution < 1.29 is 24.1 Å². The second-order valence-electron chi connectivity index (χ2n) is 9.75. The molecular formula is C29H33N7O5. The van der Waals surface area contributed by atoms with Crippen molar-refractivity contribution in [1.82, 2.24) is 24.8 Å². The van der Waals surface area contributed by atoms with Gasteiger partial charge in [0.2, 0.25) is 11.8 Å². The van der Waals surface area contributed by atoms with E-state index in [1.807, 2.05) is 6.07 Å². The van der Waals surface area contributed by atoms with Crippen LogP contribution in [0.1, 0.15) is 28.8 Å². The Bertz CT molecular complexity index is 1400. The quantitative estimate of drug-likeness (QED) is 0.399. The molecule has 5 rings (SSSR count). The number of hydrogen-bond donors (Lipinski definition) is 2. The molecule has 0 aliphatic carbocycles. The second kappa shape index (κ2) is 13.4. The van der Waals surface area contributed by atoms with Crippen molar-refractivity contribution in [1.29, 1.82) is 5.26 Å². The fraction of sp³-hybridized carbons (Fsp3) is 0.414. The van der Waals surface area contributed by atoms with E-state index in [0.717, 1.165) is 18.4 Å². The maximum absolute atomic E-state index is 13.2. The molecule has 0 spiro atoms. The first-order chi connectivity index (χ1) is 20.1. The molecule has 3 aromatic rings. The van der Waals surface area contributed by atoms with Crippen molar-refractivity contribution in [3.05, 3.63) is 53.7 Å². The minimum Gasteiger partial charge on any atom is -0.489 e. The maximum atomic E-state index is 13.2. The van der Waals surface area contributed by atoms with Crippen molar-refractivity contribution in [2.75, 3.05) is 65.0 Å². The lowest BCUT2D eigenvalue weighted by Crippen LogP contribution is -2.49. The fourth-order valence-electron chi connectivity index (χ4n) is 4.86. The largest absolute Gasteiger partial charge is 0.489 e. The van der Waals surface area contributed by atoms with Crippen LogP contribution in [0.25, 0.3) is 11.3 Å². The first-order valence-electron chi connectivity index (χ1n) is 13.6. The van der Waals surface area contributed by atoms with Crippen molar-refractivity contribution in [2.24, 2.45) is 0 Å². The van der Waals surface area contributed by atoms with Crippen LogP contribution in [0.15, 0.2) is 42.6 Å². The van der Waals surface area contributed by atoms with Crippen LogP contribution in [0.5, 0.6) is 11.6 Å². The van der Waals surface area contributed by atoms with Crippen LogP contribution in [-0.2, 0) is 4.74 Å². The number of methoxy groups -OCH3 is 1. The van der Waals surface area contributed by atoms with Gasteiger partial charge in [-0.05, 0) is 36.4 Å². The number of carbonyl (C=O) groups is 1. The molecule has 1 amide bonds. The molecule has 2 saturated heterocycles. The first kappa shape index (κ1) is 28.2. The molecule has 12 nitrogen and oxygen atoms in total. The van der Waals surface area contributed by atoms with Gasteiger partial charge in [0, 0.05) is 57.3 Å². The van der Waals surface area contributed by atoms with Gasteiger partial charge in [-0.15, -0.1) is 0 Å². The number of carbonyl (C=O) groups excluding carboxylic acids is 1. The van der Waals surface area contributed by atoms with E-state index in [4.69, 9.17) is 19.3 Å². The summed E-state index contributed by atoms with van der Waals surface area (Å²) >= 11 is 0. The first-order valence-corrected chi connectivity index (χ1v) is 13.6. The molecule has 0 unspecified atom stereocenters. The lowest BCUT2D eigenvalue weighted by Gasteiger charge is -2.34. The normalized spacial score (nSPS) is 16.2. The SMILES string of the molecule is COc1nc(Nc2nccc(-c3ccc(OC4CCOCC4)c(C#N)c3)n2)ccc1C(=O)N1CCN(CCO)CC1. The topological polar surface area (TPSA) is 146 Å². The number of pyridine rings is 1. The van der Waals surface area contributed by atoms with Gasteiger partial charge in [-0.2, -0.15) is 10.2 Å². The summed E-state index contributed by atoms with van der Waals surface area (Å²) in [5, 5.41) is 22.0. The molecule has 2 fully saturated rings. The summed E-state index contributed by atoms with van der Waals surface area (Å²) in [5.41, 5.74) is 2.17. The number of piperazine rings is 1. The van der Waals surface area contributed by atoms with Gasteiger partial charge in [-0.25, -0.2) is 9.97 Å². The number of benzene rings is 1. The number of anilines is 2. The minimum absolute atomic E-state index is 0.0322. The number of aliphatic hydroxyl groups excluding tert-OH is 1. The number of rotatable bonds is 9. The van der Waals surface area contributed by atoms with Gasteiger partial charge in [-0.1, -0.05) is 0 Å². The summed E-state index contributed by atoms with van der Waals surface area (Å²) in [6.45, 7) is 4.57. The summed E-state index contributed by atoms with van der Waals surface area (Å²) in [6, 6.07) is 12.8. The van der Waals surface area contributed by atoms with E-state index in [-0.39, 0.29) is 24.5 Å². The third-order valence-corrected chi connectivity index (χ3v) is 7.11. The Hall–Kier alpha value is -4.31. The summed E-state index contributed by atoms with van der Waals surface area (Å²) < 4.78 is 16.9. The molecule has 4 heterocycles. The number of β-amino-alcohol motifs (C(OH)–C–C–N with tert-alkyl or cyclic N) is 1. The molecule has 0 bridgehead atoms. The molecule has 12 heteroatoms. The molecule has 41 heavy (non-hydrogen) atoms. The maximum Gasteiger partial charge on any atom is 0.259 e. The summed E-state index contributed by atoms with van der Waals surface area (Å²) in [5.74, 6) is 1.32. The fourth-order valence-corrected chi connectivity index (χ4v) is 4.86. The lowest BCUT2D eigenvalue weighted by atomic mass is 10.1. The van der Waals surface area contributed by atoms with E-state index in [2.05, 4.69) is 31.2 Å². The Morgan fingerprint density at radius 2 is 1.95 bits per heavy atom. The van der Waals surface area contributed by atoms with Crippen LogP contribution in [-0.4, -0.2) is 102 Å². The Morgan fingerprint density at radius 1 is 1.15 bits per heavy atom. The number of ether oxygens (including phenoxy) is 3. The summed E-state index contributed by atoms with van der Waals surface area (Å²) in [7, 11) is 1.47. The molecule has 2 aromatic heterocycles. The number of amides is 1. The monoisotopic (exact) mass is 559 g/mol. The molecule has 0 atom stereocenters. The van der Waals surface area contributed by atoms with E-state index < -0.39 is 0 Å². The van der Waals surface area contributed by atoms with E-state index >= 15 is 0 Å². The van der Waals surface area contributed by atoms with E-state index in [1.165, 1.54) is 7.11 Å². The number of hydrogen-bond acceptors (Lipinski definition) is 11. The highest BCUT2D eigenvalue weighted by Gasteiger charge is 2.25. The molecular weight excluding hydrogens is 526 g/mol. The Morgan fingerprint density at radius 3 is 2.68 bits per heavy atom.